The van der Waals surface area contributed by atoms with Gasteiger partial charge in [0.2, 0.25) is 0 Å². The van der Waals surface area contributed by atoms with Crippen LogP contribution in [0.1, 0.15) is 34.0 Å². The number of halogens is 3. The summed E-state index contributed by atoms with van der Waals surface area (Å²) in [4.78, 5) is 15.5. The average molecular weight is 455 g/mol. The van der Waals surface area contributed by atoms with Crippen molar-refractivity contribution in [1.29, 1.82) is 0 Å². The minimum atomic E-state index is -4.64. The van der Waals surface area contributed by atoms with Crippen LogP contribution in [0.2, 0.25) is 0 Å². The number of aromatic carboxylic acids is 1. The first-order valence-electron chi connectivity index (χ1n) is 8.71. The second-order valence-electron chi connectivity index (χ2n) is 6.48. The van der Waals surface area contributed by atoms with Crippen LogP contribution in [0.15, 0.2) is 53.0 Å². The van der Waals surface area contributed by atoms with Gasteiger partial charge >= 0.3 is 12.1 Å². The van der Waals surface area contributed by atoms with Gasteiger partial charge in [0.25, 0.3) is 0 Å². The van der Waals surface area contributed by atoms with Crippen LogP contribution in [-0.4, -0.2) is 24.5 Å². The van der Waals surface area contributed by atoms with Crippen molar-refractivity contribution >= 4 is 27.1 Å². The van der Waals surface area contributed by atoms with Gasteiger partial charge in [0.1, 0.15) is 0 Å². The number of sulfone groups is 1. The molecule has 0 radical (unpaired) electrons. The van der Waals surface area contributed by atoms with Gasteiger partial charge in [0.15, 0.2) is 9.84 Å². The Bertz CT molecular complexity index is 1190. The third-order valence-electron chi connectivity index (χ3n) is 4.51. The Morgan fingerprint density at radius 1 is 1.13 bits per heavy atom. The smallest absolute Gasteiger partial charge is 0.416 e. The Balaban J connectivity index is 2.15. The number of thiazole rings is 1. The number of carbonyl (C=O) groups is 1. The van der Waals surface area contributed by atoms with Crippen molar-refractivity contribution in [2.75, 3.05) is 0 Å². The van der Waals surface area contributed by atoms with Gasteiger partial charge < -0.3 is 5.11 Å². The van der Waals surface area contributed by atoms with E-state index in [4.69, 9.17) is 0 Å². The summed E-state index contributed by atoms with van der Waals surface area (Å²) in [6.45, 7) is 1.71. The van der Waals surface area contributed by atoms with E-state index >= 15 is 0 Å². The largest absolute Gasteiger partial charge is 0.478 e. The van der Waals surface area contributed by atoms with Crippen molar-refractivity contribution in [2.45, 2.75) is 30.2 Å². The first-order chi connectivity index (χ1) is 14.0. The fraction of sp³-hybridized carbons (Fsp3) is 0.200. The molecule has 0 aliphatic rings. The standard InChI is InChI=1S/C20H16F3NO4S2/c1-2-12-3-4-13(19(25)26)8-18(12)30(27,28)10-14-7-15(20(21,22)23)5-6-16(14)17-9-24-11-29-17/h3-9,11H,2,10H2,1H3,(H,25,26). The number of benzene rings is 2. The molecule has 3 aromatic rings. The van der Waals surface area contributed by atoms with E-state index in [1.54, 1.807) is 6.92 Å². The molecule has 10 heteroatoms. The molecule has 0 saturated heterocycles. The fourth-order valence-electron chi connectivity index (χ4n) is 3.03. The van der Waals surface area contributed by atoms with Crippen LogP contribution in [0.5, 0.6) is 0 Å². The molecule has 0 spiro atoms. The number of carboxylic acid groups (broad SMARTS) is 1. The minimum absolute atomic E-state index is 0.0307. The zero-order valence-corrected chi connectivity index (χ0v) is 17.2. The minimum Gasteiger partial charge on any atom is -0.478 e. The Morgan fingerprint density at radius 3 is 2.43 bits per heavy atom. The summed E-state index contributed by atoms with van der Waals surface area (Å²) in [6.07, 6.45) is -2.87. The van der Waals surface area contributed by atoms with E-state index in [0.29, 0.717) is 22.4 Å². The third-order valence-corrected chi connectivity index (χ3v) is 7.05. The zero-order chi connectivity index (χ0) is 22.1. The summed E-state index contributed by atoms with van der Waals surface area (Å²) in [5.74, 6) is -2.00. The van der Waals surface area contributed by atoms with Crippen LogP contribution in [0.25, 0.3) is 10.4 Å². The summed E-state index contributed by atoms with van der Waals surface area (Å²) < 4.78 is 66.0. The van der Waals surface area contributed by atoms with Crippen molar-refractivity contribution < 1.29 is 31.5 Å². The molecule has 3 rings (SSSR count). The molecule has 2 aromatic carbocycles. The van der Waals surface area contributed by atoms with Crippen molar-refractivity contribution in [3.63, 3.8) is 0 Å². The first-order valence-corrected chi connectivity index (χ1v) is 11.2. The van der Waals surface area contributed by atoms with Crippen LogP contribution < -0.4 is 0 Å². The van der Waals surface area contributed by atoms with E-state index in [-0.39, 0.29) is 16.0 Å². The SMILES string of the molecule is CCc1ccc(C(=O)O)cc1S(=O)(=O)Cc1cc(C(F)(F)F)ccc1-c1cncs1. The lowest BCUT2D eigenvalue weighted by Crippen LogP contribution is -2.12. The molecule has 1 aromatic heterocycles. The number of aryl methyl sites for hydroxylation is 1. The number of hydrogen-bond acceptors (Lipinski definition) is 5. The Hall–Kier alpha value is -2.72. The van der Waals surface area contributed by atoms with Gasteiger partial charge in [-0.3, -0.25) is 4.98 Å². The zero-order valence-electron chi connectivity index (χ0n) is 15.6. The van der Waals surface area contributed by atoms with Crippen LogP contribution >= 0.6 is 11.3 Å². The predicted molar refractivity (Wildman–Crippen MR) is 106 cm³/mol. The molecule has 0 aliphatic heterocycles. The van der Waals surface area contributed by atoms with Crippen molar-refractivity contribution in [1.82, 2.24) is 4.98 Å². The quantitative estimate of drug-likeness (QED) is 0.561. The highest BCUT2D eigenvalue weighted by molar-refractivity contribution is 7.90. The predicted octanol–water partition coefficient (Wildman–Crippen LogP) is 5.06. The van der Waals surface area contributed by atoms with Gasteiger partial charge in [0, 0.05) is 6.20 Å². The van der Waals surface area contributed by atoms with Crippen molar-refractivity contribution in [2.24, 2.45) is 0 Å². The summed E-state index contributed by atoms with van der Waals surface area (Å²) in [5, 5.41) is 9.20. The maximum atomic E-state index is 13.2. The van der Waals surface area contributed by atoms with Gasteiger partial charge in [-0.25, -0.2) is 13.2 Å². The van der Waals surface area contributed by atoms with E-state index in [0.717, 1.165) is 18.2 Å². The monoisotopic (exact) mass is 455 g/mol. The van der Waals surface area contributed by atoms with E-state index in [9.17, 15) is 31.5 Å². The summed E-state index contributed by atoms with van der Waals surface area (Å²) in [6, 6.07) is 6.71. The number of aromatic nitrogens is 1. The van der Waals surface area contributed by atoms with Crippen molar-refractivity contribution in [3.05, 3.63) is 70.4 Å². The number of hydrogen-bond donors (Lipinski definition) is 1. The summed E-state index contributed by atoms with van der Waals surface area (Å²) >= 11 is 1.17. The van der Waals surface area contributed by atoms with Crippen LogP contribution in [-0.2, 0) is 28.2 Å². The van der Waals surface area contributed by atoms with E-state index in [1.807, 2.05) is 0 Å². The summed E-state index contributed by atoms with van der Waals surface area (Å²) in [7, 11) is -4.13. The number of rotatable bonds is 6. The molecule has 30 heavy (non-hydrogen) atoms. The average Bonchev–Trinajstić information content (AvgIpc) is 3.20. The fourth-order valence-corrected chi connectivity index (χ4v) is 5.44. The van der Waals surface area contributed by atoms with Gasteiger partial charge in [-0.2, -0.15) is 13.2 Å². The molecular formula is C20H16F3NO4S2. The third kappa shape index (κ3) is 4.54. The highest BCUT2D eigenvalue weighted by Gasteiger charge is 2.32. The van der Waals surface area contributed by atoms with E-state index < -0.39 is 33.3 Å². The highest BCUT2D eigenvalue weighted by atomic mass is 32.2. The van der Waals surface area contributed by atoms with Crippen LogP contribution in [0.4, 0.5) is 13.2 Å². The number of alkyl halides is 3. The van der Waals surface area contributed by atoms with Gasteiger partial charge in [0.05, 0.1) is 32.2 Å². The molecule has 0 aliphatic carbocycles. The van der Waals surface area contributed by atoms with Gasteiger partial charge in [-0.05, 0) is 47.4 Å². The van der Waals surface area contributed by atoms with Gasteiger partial charge in [-0.1, -0.05) is 19.1 Å². The lowest BCUT2D eigenvalue weighted by atomic mass is 10.0. The second-order valence-corrected chi connectivity index (χ2v) is 9.32. The molecular weight excluding hydrogens is 439 g/mol. The lowest BCUT2D eigenvalue weighted by Gasteiger charge is -2.15. The molecule has 0 saturated carbocycles. The molecule has 0 amide bonds. The topological polar surface area (TPSA) is 84.3 Å². The lowest BCUT2D eigenvalue weighted by molar-refractivity contribution is -0.137. The normalized spacial score (nSPS) is 12.1. The van der Waals surface area contributed by atoms with E-state index in [1.165, 1.54) is 41.2 Å². The first kappa shape index (κ1) is 22.0. The van der Waals surface area contributed by atoms with Crippen molar-refractivity contribution in [3.8, 4) is 10.4 Å². The van der Waals surface area contributed by atoms with E-state index in [2.05, 4.69) is 4.98 Å². The number of nitrogens with zero attached hydrogens (tertiary/aromatic N) is 1. The number of carboxylic acids is 1. The molecule has 0 bridgehead atoms. The molecule has 0 unspecified atom stereocenters. The Morgan fingerprint density at radius 2 is 1.87 bits per heavy atom. The Labute approximate surface area is 174 Å². The molecule has 5 nitrogen and oxygen atoms in total. The molecule has 158 valence electrons. The second kappa shape index (κ2) is 8.19. The maximum Gasteiger partial charge on any atom is 0.416 e. The highest BCUT2D eigenvalue weighted by Crippen LogP contribution is 2.36. The maximum absolute atomic E-state index is 13.2. The Kier molecular flexibility index (Phi) is 6.00. The molecule has 1 heterocycles. The van der Waals surface area contributed by atoms with Crippen LogP contribution in [0.3, 0.4) is 0 Å². The molecule has 0 fully saturated rings. The van der Waals surface area contributed by atoms with Gasteiger partial charge in [-0.15, -0.1) is 11.3 Å². The molecule has 1 N–H and O–H groups in total. The van der Waals surface area contributed by atoms with Crippen LogP contribution in [0, 0.1) is 0 Å². The molecule has 0 atom stereocenters. The summed E-state index contributed by atoms with van der Waals surface area (Å²) in [5.41, 5.74) is 1.02.